The number of esters is 1. The standard InChI is InChI=1S/C28H22F3IO5/c1-2-34-26(33)17-37-24-11-12-25(27-23(24)14-16-36-27)35-15-13-22(19-5-9-21(32)10-6-19)18-3-7-20(8-4-18)28(29,30)31/h3-14,16H,2,15,17H2,1H3. The highest BCUT2D eigenvalue weighted by atomic mass is 127. The third-order valence-corrected chi connectivity index (χ3v) is 6.12. The van der Waals surface area contributed by atoms with Gasteiger partial charge < -0.3 is 18.6 Å². The minimum Gasteiger partial charge on any atom is -0.486 e. The molecule has 0 bridgehead atoms. The lowest BCUT2D eigenvalue weighted by atomic mass is 9.96. The number of alkyl halides is 3. The zero-order valence-electron chi connectivity index (χ0n) is 19.7. The van der Waals surface area contributed by atoms with Gasteiger partial charge in [0.05, 0.1) is 23.8 Å². The molecule has 192 valence electrons. The predicted octanol–water partition coefficient (Wildman–Crippen LogP) is 7.51. The highest BCUT2D eigenvalue weighted by Gasteiger charge is 2.30. The Labute approximate surface area is 225 Å². The van der Waals surface area contributed by atoms with Crippen molar-refractivity contribution in [2.45, 2.75) is 13.1 Å². The molecule has 0 aliphatic heterocycles. The van der Waals surface area contributed by atoms with Crippen LogP contribution in [-0.2, 0) is 15.7 Å². The average Bonchev–Trinajstić information content (AvgIpc) is 3.37. The van der Waals surface area contributed by atoms with Crippen molar-refractivity contribution in [1.82, 2.24) is 0 Å². The van der Waals surface area contributed by atoms with E-state index in [1.165, 1.54) is 18.4 Å². The summed E-state index contributed by atoms with van der Waals surface area (Å²) in [7, 11) is 0. The predicted molar refractivity (Wildman–Crippen MR) is 142 cm³/mol. The number of rotatable bonds is 9. The Morgan fingerprint density at radius 2 is 1.57 bits per heavy atom. The first-order chi connectivity index (χ1) is 17.8. The van der Waals surface area contributed by atoms with Crippen molar-refractivity contribution < 1.29 is 36.6 Å². The molecule has 1 heterocycles. The molecule has 0 spiro atoms. The van der Waals surface area contributed by atoms with Gasteiger partial charge in [0, 0.05) is 3.57 Å². The summed E-state index contributed by atoms with van der Waals surface area (Å²) in [6.07, 6.45) is -1.11. The molecule has 0 N–H and O–H groups in total. The summed E-state index contributed by atoms with van der Waals surface area (Å²) in [5.74, 6) is 0.425. The Balaban J connectivity index is 1.57. The van der Waals surface area contributed by atoms with Gasteiger partial charge in [0.2, 0.25) is 0 Å². The first-order valence-electron chi connectivity index (χ1n) is 11.3. The van der Waals surface area contributed by atoms with Crippen LogP contribution in [0.1, 0.15) is 23.6 Å². The average molecular weight is 622 g/mol. The number of carbonyl (C=O) groups excluding carboxylic acids is 1. The van der Waals surface area contributed by atoms with Gasteiger partial charge in [-0.3, -0.25) is 0 Å². The van der Waals surface area contributed by atoms with Crippen molar-refractivity contribution in [3.05, 3.63) is 99.3 Å². The third-order valence-electron chi connectivity index (χ3n) is 5.40. The Hall–Kier alpha value is -3.47. The molecule has 0 radical (unpaired) electrons. The molecule has 9 heteroatoms. The fourth-order valence-electron chi connectivity index (χ4n) is 3.68. The number of fused-ring (bicyclic) bond motifs is 1. The lowest BCUT2D eigenvalue weighted by molar-refractivity contribution is -0.145. The van der Waals surface area contributed by atoms with Gasteiger partial charge in [0.1, 0.15) is 12.4 Å². The van der Waals surface area contributed by atoms with Gasteiger partial charge in [0.15, 0.2) is 17.9 Å². The summed E-state index contributed by atoms with van der Waals surface area (Å²) in [5, 5.41) is 0.631. The van der Waals surface area contributed by atoms with Gasteiger partial charge in [-0.25, -0.2) is 4.79 Å². The van der Waals surface area contributed by atoms with Gasteiger partial charge >= 0.3 is 12.1 Å². The highest BCUT2D eigenvalue weighted by Crippen LogP contribution is 2.35. The van der Waals surface area contributed by atoms with Crippen LogP contribution in [0.3, 0.4) is 0 Å². The summed E-state index contributed by atoms with van der Waals surface area (Å²) in [4.78, 5) is 11.6. The Bertz CT molecular complexity index is 1390. The largest absolute Gasteiger partial charge is 0.486 e. The second-order valence-corrected chi connectivity index (χ2v) is 9.08. The summed E-state index contributed by atoms with van der Waals surface area (Å²) >= 11 is 2.19. The second kappa shape index (κ2) is 11.7. The quantitative estimate of drug-likeness (QED) is 0.143. The maximum Gasteiger partial charge on any atom is 0.416 e. The van der Waals surface area contributed by atoms with Crippen LogP contribution in [0.25, 0.3) is 16.5 Å². The number of ether oxygens (including phenoxy) is 3. The van der Waals surface area contributed by atoms with E-state index < -0.39 is 17.7 Å². The van der Waals surface area contributed by atoms with Crippen molar-refractivity contribution in [2.75, 3.05) is 19.8 Å². The summed E-state index contributed by atoms with van der Waals surface area (Å²) < 4.78 is 62.2. The smallest absolute Gasteiger partial charge is 0.416 e. The van der Waals surface area contributed by atoms with E-state index in [9.17, 15) is 18.0 Å². The van der Waals surface area contributed by atoms with Crippen molar-refractivity contribution in [3.8, 4) is 11.5 Å². The minimum absolute atomic E-state index is 0.126. The fraction of sp³-hybridized carbons (Fsp3) is 0.179. The molecule has 0 unspecified atom stereocenters. The maximum atomic E-state index is 13.1. The minimum atomic E-state index is -4.41. The van der Waals surface area contributed by atoms with Crippen LogP contribution in [-0.4, -0.2) is 25.8 Å². The number of halogens is 4. The van der Waals surface area contributed by atoms with Crippen LogP contribution in [0.4, 0.5) is 13.2 Å². The fourth-order valence-corrected chi connectivity index (χ4v) is 4.03. The molecule has 0 saturated carbocycles. The van der Waals surface area contributed by atoms with Gasteiger partial charge in [0.25, 0.3) is 0 Å². The molecular formula is C28H22F3IO5. The summed E-state index contributed by atoms with van der Waals surface area (Å²) in [5.41, 5.74) is 1.94. The van der Waals surface area contributed by atoms with Crippen molar-refractivity contribution >= 4 is 45.1 Å². The number of carbonyl (C=O) groups is 1. The van der Waals surface area contributed by atoms with E-state index in [1.807, 2.05) is 30.3 Å². The number of hydrogen-bond donors (Lipinski definition) is 0. The first kappa shape index (κ1) is 26.6. The van der Waals surface area contributed by atoms with E-state index >= 15 is 0 Å². The molecule has 1 aromatic heterocycles. The van der Waals surface area contributed by atoms with E-state index in [4.69, 9.17) is 18.6 Å². The highest BCUT2D eigenvalue weighted by molar-refractivity contribution is 14.1. The zero-order valence-corrected chi connectivity index (χ0v) is 21.8. The van der Waals surface area contributed by atoms with E-state index in [0.29, 0.717) is 28.0 Å². The maximum absolute atomic E-state index is 13.1. The van der Waals surface area contributed by atoms with Crippen molar-refractivity contribution in [3.63, 3.8) is 0 Å². The van der Waals surface area contributed by atoms with Crippen molar-refractivity contribution in [1.29, 1.82) is 0 Å². The Kier molecular flexibility index (Phi) is 8.42. The first-order valence-corrected chi connectivity index (χ1v) is 12.4. The molecule has 0 atom stereocenters. The Morgan fingerprint density at radius 1 is 0.919 bits per heavy atom. The lowest BCUT2D eigenvalue weighted by Crippen LogP contribution is -2.14. The van der Waals surface area contributed by atoms with Gasteiger partial charge in [-0.15, -0.1) is 0 Å². The van der Waals surface area contributed by atoms with Crippen LogP contribution in [0.15, 0.2) is 83.5 Å². The number of hydrogen-bond acceptors (Lipinski definition) is 5. The SMILES string of the molecule is CCOC(=O)COc1ccc(OCC=C(c2ccc(I)cc2)c2ccc(C(F)(F)F)cc2)c2occc12. The van der Waals surface area contributed by atoms with Gasteiger partial charge in [-0.05, 0) is 94.8 Å². The normalized spacial score (nSPS) is 12.0. The van der Waals surface area contributed by atoms with Gasteiger partial charge in [-0.2, -0.15) is 13.2 Å². The van der Waals surface area contributed by atoms with Crippen LogP contribution >= 0.6 is 22.6 Å². The molecule has 0 aliphatic rings. The summed E-state index contributed by atoms with van der Waals surface area (Å²) in [6.45, 7) is 1.87. The van der Waals surface area contributed by atoms with E-state index in [0.717, 1.165) is 26.8 Å². The molecular weight excluding hydrogens is 600 g/mol. The third kappa shape index (κ3) is 6.65. The zero-order chi connectivity index (χ0) is 26.4. The second-order valence-electron chi connectivity index (χ2n) is 7.83. The monoisotopic (exact) mass is 622 g/mol. The molecule has 5 nitrogen and oxygen atoms in total. The van der Waals surface area contributed by atoms with Gasteiger partial charge in [-0.1, -0.05) is 24.3 Å². The lowest BCUT2D eigenvalue weighted by Gasteiger charge is -2.13. The summed E-state index contributed by atoms with van der Waals surface area (Å²) in [6, 6.07) is 17.8. The topological polar surface area (TPSA) is 57.9 Å². The molecule has 0 saturated heterocycles. The van der Waals surface area contributed by atoms with E-state index in [1.54, 1.807) is 25.1 Å². The van der Waals surface area contributed by atoms with Crippen LogP contribution in [0, 0.1) is 3.57 Å². The molecule has 4 aromatic rings. The number of benzene rings is 3. The van der Waals surface area contributed by atoms with Crippen LogP contribution in [0.2, 0.25) is 0 Å². The molecule has 3 aromatic carbocycles. The van der Waals surface area contributed by atoms with Crippen LogP contribution < -0.4 is 9.47 Å². The Morgan fingerprint density at radius 3 is 2.22 bits per heavy atom. The molecule has 37 heavy (non-hydrogen) atoms. The molecule has 4 rings (SSSR count). The molecule has 0 fully saturated rings. The van der Waals surface area contributed by atoms with Crippen LogP contribution in [0.5, 0.6) is 11.5 Å². The van der Waals surface area contributed by atoms with E-state index in [2.05, 4.69) is 22.6 Å². The molecule has 0 aliphatic carbocycles. The molecule has 0 amide bonds. The van der Waals surface area contributed by atoms with E-state index in [-0.39, 0.29) is 19.8 Å². The number of furan rings is 1. The van der Waals surface area contributed by atoms with Crippen molar-refractivity contribution in [2.24, 2.45) is 0 Å².